The Balaban J connectivity index is 1.22. The first-order chi connectivity index (χ1) is 13.8. The minimum atomic E-state index is 0.229. The summed E-state index contributed by atoms with van der Waals surface area (Å²) in [6.07, 6.45) is 9.42. The molecule has 3 heterocycles. The van der Waals surface area contributed by atoms with Crippen molar-refractivity contribution >= 4 is 17.5 Å². The summed E-state index contributed by atoms with van der Waals surface area (Å²) in [4.78, 5) is 21.4. The third kappa shape index (κ3) is 4.49. The highest BCUT2D eigenvalue weighted by Gasteiger charge is 2.20. The number of hydrogen-bond acceptors (Lipinski definition) is 3. The van der Waals surface area contributed by atoms with Gasteiger partial charge in [0.25, 0.3) is 0 Å². The molecule has 1 aromatic carbocycles. The zero-order valence-corrected chi connectivity index (χ0v) is 16.1. The van der Waals surface area contributed by atoms with Crippen LogP contribution in [0.1, 0.15) is 17.8 Å². The number of aromatic nitrogens is 2. The highest BCUT2D eigenvalue weighted by atomic mass is 16.2. The van der Waals surface area contributed by atoms with E-state index < -0.39 is 0 Å². The highest BCUT2D eigenvalue weighted by molar-refractivity contribution is 5.76. The molecule has 144 valence electrons. The molecule has 1 saturated heterocycles. The van der Waals surface area contributed by atoms with Crippen molar-refractivity contribution in [1.29, 1.82) is 0 Å². The summed E-state index contributed by atoms with van der Waals surface area (Å²) in [6.45, 7) is 4.39. The normalized spacial score (nSPS) is 15.5. The molecular formula is C23H26N4O. The Morgan fingerprint density at radius 3 is 2.61 bits per heavy atom. The number of amides is 1. The molecular weight excluding hydrogens is 348 g/mol. The van der Waals surface area contributed by atoms with Crippen molar-refractivity contribution in [2.75, 3.05) is 32.7 Å². The van der Waals surface area contributed by atoms with E-state index in [-0.39, 0.29) is 5.91 Å². The van der Waals surface area contributed by atoms with Gasteiger partial charge in [0.05, 0.1) is 11.7 Å². The molecule has 0 radical (unpaired) electrons. The van der Waals surface area contributed by atoms with E-state index >= 15 is 0 Å². The number of piperazine rings is 1. The fourth-order valence-corrected chi connectivity index (χ4v) is 3.64. The van der Waals surface area contributed by atoms with Gasteiger partial charge in [0, 0.05) is 51.8 Å². The largest absolute Gasteiger partial charge is 0.340 e. The maximum absolute atomic E-state index is 12.6. The van der Waals surface area contributed by atoms with Crippen molar-refractivity contribution in [2.24, 2.45) is 0 Å². The molecule has 0 bridgehead atoms. The lowest BCUT2D eigenvalue weighted by atomic mass is 10.2. The molecule has 1 amide bonds. The summed E-state index contributed by atoms with van der Waals surface area (Å²) in [7, 11) is 0. The second-order valence-electron chi connectivity index (χ2n) is 7.16. The smallest absolute Gasteiger partial charge is 0.223 e. The average molecular weight is 374 g/mol. The summed E-state index contributed by atoms with van der Waals surface area (Å²) in [5, 5.41) is 0. The number of imidazole rings is 1. The number of carbonyl (C=O) groups excluding carboxylic acids is 1. The molecule has 1 aliphatic heterocycles. The fraction of sp³-hybridized carbons (Fsp3) is 0.304. The van der Waals surface area contributed by atoms with Crippen LogP contribution in [-0.4, -0.2) is 57.8 Å². The van der Waals surface area contributed by atoms with Crippen LogP contribution >= 0.6 is 0 Å². The van der Waals surface area contributed by atoms with Gasteiger partial charge in [-0.25, -0.2) is 4.98 Å². The van der Waals surface area contributed by atoms with Gasteiger partial charge in [0.2, 0.25) is 5.91 Å². The Hall–Kier alpha value is -2.92. The molecule has 5 nitrogen and oxygen atoms in total. The summed E-state index contributed by atoms with van der Waals surface area (Å²) in [6, 6.07) is 16.4. The molecule has 28 heavy (non-hydrogen) atoms. The molecule has 2 aromatic heterocycles. The number of rotatable bonds is 6. The first-order valence-electron chi connectivity index (χ1n) is 9.92. The Labute approximate surface area is 165 Å². The first-order valence-corrected chi connectivity index (χ1v) is 9.92. The Kier molecular flexibility index (Phi) is 5.83. The van der Waals surface area contributed by atoms with Crippen LogP contribution in [0.3, 0.4) is 0 Å². The SMILES string of the molecule is O=C(CCc1ncc2ccccn12)N1CCN(C/C=C/c2ccccc2)CC1. The van der Waals surface area contributed by atoms with Crippen LogP contribution in [0.15, 0.2) is 67.0 Å². The fourth-order valence-electron chi connectivity index (χ4n) is 3.64. The standard InChI is InChI=1S/C23H26N4O/c28-23(12-11-22-24-19-21-10-4-5-14-27(21)22)26-17-15-25(16-18-26)13-6-9-20-7-2-1-3-8-20/h1-10,14,19H,11-13,15-18H2/b9-6+. The average Bonchev–Trinajstić information content (AvgIpc) is 3.16. The molecule has 0 saturated carbocycles. The van der Waals surface area contributed by atoms with Crippen LogP contribution in [0.5, 0.6) is 0 Å². The van der Waals surface area contributed by atoms with Crippen molar-refractivity contribution in [3.05, 3.63) is 78.4 Å². The van der Waals surface area contributed by atoms with E-state index in [1.54, 1.807) is 0 Å². The third-order valence-corrected chi connectivity index (χ3v) is 5.28. The number of fused-ring (bicyclic) bond motifs is 1. The van der Waals surface area contributed by atoms with E-state index in [9.17, 15) is 4.79 Å². The number of benzene rings is 1. The number of nitrogens with zero attached hydrogens (tertiary/aromatic N) is 4. The first kappa shape index (κ1) is 18.4. The molecule has 4 rings (SSSR count). The molecule has 0 spiro atoms. The van der Waals surface area contributed by atoms with E-state index in [0.717, 1.165) is 44.1 Å². The molecule has 0 atom stereocenters. The van der Waals surface area contributed by atoms with Crippen LogP contribution < -0.4 is 0 Å². The Morgan fingerprint density at radius 2 is 1.79 bits per heavy atom. The zero-order chi connectivity index (χ0) is 19.2. The van der Waals surface area contributed by atoms with Gasteiger partial charge in [0.1, 0.15) is 5.82 Å². The van der Waals surface area contributed by atoms with E-state index in [4.69, 9.17) is 0 Å². The van der Waals surface area contributed by atoms with E-state index in [1.807, 2.05) is 41.6 Å². The molecule has 0 unspecified atom stereocenters. The van der Waals surface area contributed by atoms with Gasteiger partial charge >= 0.3 is 0 Å². The monoisotopic (exact) mass is 374 g/mol. The maximum atomic E-state index is 12.6. The van der Waals surface area contributed by atoms with Crippen molar-refractivity contribution in [1.82, 2.24) is 19.2 Å². The number of hydrogen-bond donors (Lipinski definition) is 0. The van der Waals surface area contributed by atoms with Crippen LogP contribution in [0.25, 0.3) is 11.6 Å². The summed E-state index contributed by atoms with van der Waals surface area (Å²) in [5.41, 5.74) is 2.30. The lowest BCUT2D eigenvalue weighted by Crippen LogP contribution is -2.48. The molecule has 1 fully saturated rings. The minimum absolute atomic E-state index is 0.229. The molecule has 0 N–H and O–H groups in total. The van der Waals surface area contributed by atoms with Gasteiger partial charge in [-0.05, 0) is 17.7 Å². The lowest BCUT2D eigenvalue weighted by molar-refractivity contribution is -0.132. The summed E-state index contributed by atoms with van der Waals surface area (Å²) < 4.78 is 2.06. The van der Waals surface area contributed by atoms with Crippen LogP contribution in [0, 0.1) is 0 Å². The van der Waals surface area contributed by atoms with Gasteiger partial charge in [-0.3, -0.25) is 9.69 Å². The van der Waals surface area contributed by atoms with Crippen LogP contribution in [0.2, 0.25) is 0 Å². The molecule has 5 heteroatoms. The second kappa shape index (κ2) is 8.85. The summed E-state index contributed by atoms with van der Waals surface area (Å²) in [5.74, 6) is 1.18. The molecule has 1 aliphatic rings. The van der Waals surface area contributed by atoms with E-state index in [0.29, 0.717) is 12.8 Å². The van der Waals surface area contributed by atoms with Crippen LogP contribution in [-0.2, 0) is 11.2 Å². The quantitative estimate of drug-likeness (QED) is 0.666. The molecule has 0 aliphatic carbocycles. The predicted molar refractivity (Wildman–Crippen MR) is 112 cm³/mol. The van der Waals surface area contributed by atoms with Gasteiger partial charge in [-0.2, -0.15) is 0 Å². The van der Waals surface area contributed by atoms with Gasteiger partial charge in [-0.1, -0.05) is 48.6 Å². The minimum Gasteiger partial charge on any atom is -0.340 e. The lowest BCUT2D eigenvalue weighted by Gasteiger charge is -2.34. The van der Waals surface area contributed by atoms with Crippen molar-refractivity contribution in [3.63, 3.8) is 0 Å². The van der Waals surface area contributed by atoms with E-state index in [2.05, 4.69) is 50.7 Å². The summed E-state index contributed by atoms with van der Waals surface area (Å²) >= 11 is 0. The third-order valence-electron chi connectivity index (χ3n) is 5.28. The number of pyridine rings is 1. The number of carbonyl (C=O) groups is 1. The zero-order valence-electron chi connectivity index (χ0n) is 16.1. The van der Waals surface area contributed by atoms with Gasteiger partial charge in [0.15, 0.2) is 0 Å². The Morgan fingerprint density at radius 1 is 1.00 bits per heavy atom. The van der Waals surface area contributed by atoms with Gasteiger partial charge in [-0.15, -0.1) is 0 Å². The van der Waals surface area contributed by atoms with Crippen molar-refractivity contribution < 1.29 is 4.79 Å². The van der Waals surface area contributed by atoms with Gasteiger partial charge < -0.3 is 9.30 Å². The number of aryl methyl sites for hydroxylation is 1. The van der Waals surface area contributed by atoms with E-state index in [1.165, 1.54) is 5.56 Å². The predicted octanol–water partition coefficient (Wildman–Crippen LogP) is 3.12. The molecule has 3 aromatic rings. The van der Waals surface area contributed by atoms with Crippen molar-refractivity contribution in [2.45, 2.75) is 12.8 Å². The maximum Gasteiger partial charge on any atom is 0.223 e. The topological polar surface area (TPSA) is 40.9 Å². The Bertz CT molecular complexity index is 939. The second-order valence-corrected chi connectivity index (χ2v) is 7.16. The van der Waals surface area contributed by atoms with Crippen LogP contribution in [0.4, 0.5) is 0 Å². The van der Waals surface area contributed by atoms with Crippen molar-refractivity contribution in [3.8, 4) is 0 Å². The highest BCUT2D eigenvalue weighted by Crippen LogP contribution is 2.10.